The Morgan fingerprint density at radius 2 is 2.44 bits per heavy atom. The maximum atomic E-state index is 9.09. The summed E-state index contributed by atoms with van der Waals surface area (Å²) >= 11 is 1.82. The molecular formula is C14H24N2OS. The van der Waals surface area contributed by atoms with Crippen molar-refractivity contribution in [2.75, 3.05) is 26.2 Å². The number of aliphatic hydroxyl groups is 1. The molecule has 0 amide bonds. The Morgan fingerprint density at radius 1 is 1.61 bits per heavy atom. The summed E-state index contributed by atoms with van der Waals surface area (Å²) < 4.78 is 0. The molecule has 2 unspecified atom stereocenters. The lowest BCUT2D eigenvalue weighted by Gasteiger charge is -2.37. The largest absolute Gasteiger partial charge is 0.396 e. The van der Waals surface area contributed by atoms with Crippen LogP contribution in [0.3, 0.4) is 0 Å². The van der Waals surface area contributed by atoms with E-state index in [9.17, 15) is 0 Å². The van der Waals surface area contributed by atoms with Crippen LogP contribution >= 0.6 is 11.3 Å². The van der Waals surface area contributed by atoms with Crippen LogP contribution in [-0.2, 0) is 0 Å². The second-order valence-corrected chi connectivity index (χ2v) is 6.18. The molecule has 2 atom stereocenters. The molecule has 0 radical (unpaired) electrons. The number of aliphatic hydroxyl groups excluding tert-OH is 1. The van der Waals surface area contributed by atoms with Crippen molar-refractivity contribution >= 4 is 11.3 Å². The predicted octanol–water partition coefficient (Wildman–Crippen LogP) is 2.15. The van der Waals surface area contributed by atoms with Crippen LogP contribution in [0, 0.1) is 12.8 Å². The molecular weight excluding hydrogens is 244 g/mol. The second kappa shape index (κ2) is 6.66. The highest BCUT2D eigenvalue weighted by molar-refractivity contribution is 7.10. The first-order chi connectivity index (χ1) is 8.76. The van der Waals surface area contributed by atoms with Crippen molar-refractivity contribution < 1.29 is 5.11 Å². The zero-order valence-electron chi connectivity index (χ0n) is 11.1. The summed E-state index contributed by atoms with van der Waals surface area (Å²) in [5, 5.41) is 11.2. The Balaban J connectivity index is 2.06. The Bertz CT molecular complexity index is 364. The van der Waals surface area contributed by atoms with E-state index in [1.165, 1.54) is 23.3 Å². The number of rotatable bonds is 5. The van der Waals surface area contributed by atoms with E-state index in [1.807, 2.05) is 11.3 Å². The third kappa shape index (κ3) is 3.12. The summed E-state index contributed by atoms with van der Waals surface area (Å²) in [4.78, 5) is 3.94. The molecule has 3 nitrogen and oxygen atoms in total. The normalized spacial score (nSPS) is 23.2. The summed E-state index contributed by atoms with van der Waals surface area (Å²) in [6, 6.07) is 2.55. The van der Waals surface area contributed by atoms with E-state index >= 15 is 0 Å². The van der Waals surface area contributed by atoms with Gasteiger partial charge in [-0.25, -0.2) is 0 Å². The lowest BCUT2D eigenvalue weighted by molar-refractivity contribution is 0.111. The quantitative estimate of drug-likeness (QED) is 0.860. The van der Waals surface area contributed by atoms with Gasteiger partial charge in [0.1, 0.15) is 0 Å². The van der Waals surface area contributed by atoms with Crippen LogP contribution < -0.4 is 5.73 Å². The van der Waals surface area contributed by atoms with Gasteiger partial charge in [0.05, 0.1) is 6.04 Å². The Kier molecular flexibility index (Phi) is 5.18. The van der Waals surface area contributed by atoms with Gasteiger partial charge in [0, 0.05) is 24.6 Å². The van der Waals surface area contributed by atoms with Crippen LogP contribution in [0.2, 0.25) is 0 Å². The minimum atomic E-state index is 0.309. The van der Waals surface area contributed by atoms with Crippen LogP contribution in [-0.4, -0.2) is 36.2 Å². The molecule has 3 N–H and O–H groups in total. The van der Waals surface area contributed by atoms with Crippen LogP contribution in [0.15, 0.2) is 11.4 Å². The van der Waals surface area contributed by atoms with Gasteiger partial charge in [0.25, 0.3) is 0 Å². The van der Waals surface area contributed by atoms with Crippen LogP contribution in [0.1, 0.15) is 35.7 Å². The van der Waals surface area contributed by atoms with Crippen molar-refractivity contribution in [2.45, 2.75) is 32.2 Å². The average molecular weight is 268 g/mol. The molecule has 0 aliphatic carbocycles. The zero-order valence-corrected chi connectivity index (χ0v) is 12.0. The Labute approximate surface area is 114 Å². The van der Waals surface area contributed by atoms with Crippen molar-refractivity contribution in [3.63, 3.8) is 0 Å². The molecule has 0 aromatic carbocycles. The van der Waals surface area contributed by atoms with Crippen molar-refractivity contribution in [1.82, 2.24) is 4.90 Å². The second-order valence-electron chi connectivity index (χ2n) is 5.23. The lowest BCUT2D eigenvalue weighted by atomic mass is 9.93. The maximum Gasteiger partial charge on any atom is 0.0567 e. The molecule has 4 heteroatoms. The number of hydrogen-bond donors (Lipinski definition) is 2. The van der Waals surface area contributed by atoms with E-state index in [4.69, 9.17) is 10.8 Å². The van der Waals surface area contributed by atoms with E-state index in [1.54, 1.807) is 0 Å². The van der Waals surface area contributed by atoms with Gasteiger partial charge in [-0.15, -0.1) is 11.3 Å². The Morgan fingerprint density at radius 3 is 3.06 bits per heavy atom. The number of aryl methyl sites for hydroxylation is 1. The van der Waals surface area contributed by atoms with Gasteiger partial charge in [0.15, 0.2) is 0 Å². The van der Waals surface area contributed by atoms with Gasteiger partial charge in [0.2, 0.25) is 0 Å². The van der Waals surface area contributed by atoms with Gasteiger partial charge < -0.3 is 10.8 Å². The van der Waals surface area contributed by atoms with E-state index < -0.39 is 0 Å². The molecule has 2 heterocycles. The lowest BCUT2D eigenvalue weighted by Crippen LogP contribution is -2.41. The maximum absolute atomic E-state index is 9.09. The summed E-state index contributed by atoms with van der Waals surface area (Å²) in [5.74, 6) is 0.637. The third-order valence-corrected chi connectivity index (χ3v) is 5.08. The molecule has 1 aromatic heterocycles. The molecule has 0 spiro atoms. The first-order valence-corrected chi connectivity index (χ1v) is 7.73. The molecule has 1 fully saturated rings. The molecule has 0 saturated carbocycles. The number of piperidine rings is 1. The van der Waals surface area contributed by atoms with Gasteiger partial charge in [-0.2, -0.15) is 0 Å². The molecule has 18 heavy (non-hydrogen) atoms. The first kappa shape index (κ1) is 14.0. The minimum absolute atomic E-state index is 0.309. The van der Waals surface area contributed by atoms with Crippen molar-refractivity contribution in [3.8, 4) is 0 Å². The van der Waals surface area contributed by atoms with Gasteiger partial charge >= 0.3 is 0 Å². The highest BCUT2D eigenvalue weighted by Gasteiger charge is 2.27. The number of likely N-dealkylation sites (tertiary alicyclic amines) is 1. The first-order valence-electron chi connectivity index (χ1n) is 6.85. The summed E-state index contributed by atoms with van der Waals surface area (Å²) in [6.07, 6.45) is 3.40. The molecule has 1 saturated heterocycles. The van der Waals surface area contributed by atoms with E-state index in [0.717, 1.165) is 19.5 Å². The van der Waals surface area contributed by atoms with E-state index in [-0.39, 0.29) is 0 Å². The number of hydrogen-bond acceptors (Lipinski definition) is 4. The Hall–Kier alpha value is -0.420. The number of thiophene rings is 1. The highest BCUT2D eigenvalue weighted by Crippen LogP contribution is 2.32. The summed E-state index contributed by atoms with van der Waals surface area (Å²) in [6.45, 7) is 5.39. The molecule has 0 bridgehead atoms. The monoisotopic (exact) mass is 268 g/mol. The zero-order chi connectivity index (χ0) is 13.0. The average Bonchev–Trinajstić information content (AvgIpc) is 2.78. The predicted molar refractivity (Wildman–Crippen MR) is 76.9 cm³/mol. The standard InChI is InChI=1S/C14H24N2OS/c1-11-5-8-18-14(11)13(9-15)16-6-2-3-12(10-16)4-7-17/h5,8,12-13,17H,2-4,6-7,9-10,15H2,1H3. The van der Waals surface area contributed by atoms with Gasteiger partial charge in [-0.3, -0.25) is 4.90 Å². The van der Waals surface area contributed by atoms with Crippen LogP contribution in [0.4, 0.5) is 0 Å². The van der Waals surface area contributed by atoms with Gasteiger partial charge in [-0.1, -0.05) is 0 Å². The van der Waals surface area contributed by atoms with Crippen LogP contribution in [0.25, 0.3) is 0 Å². The smallest absolute Gasteiger partial charge is 0.0567 e. The number of nitrogens with two attached hydrogens (primary N) is 1. The van der Waals surface area contributed by atoms with Crippen LogP contribution in [0.5, 0.6) is 0 Å². The summed E-state index contributed by atoms with van der Waals surface area (Å²) in [5.41, 5.74) is 7.36. The molecule has 1 aliphatic rings. The fourth-order valence-corrected chi connectivity index (χ4v) is 4.02. The molecule has 1 aliphatic heterocycles. The third-order valence-electron chi connectivity index (χ3n) is 3.96. The molecule has 2 rings (SSSR count). The summed E-state index contributed by atoms with van der Waals surface area (Å²) in [7, 11) is 0. The SMILES string of the molecule is Cc1ccsc1C(CN)N1CCCC(CCO)C1. The topological polar surface area (TPSA) is 49.5 Å². The van der Waals surface area contributed by atoms with E-state index in [0.29, 0.717) is 25.1 Å². The fraction of sp³-hybridized carbons (Fsp3) is 0.714. The molecule has 102 valence electrons. The minimum Gasteiger partial charge on any atom is -0.396 e. The molecule has 1 aromatic rings. The highest BCUT2D eigenvalue weighted by atomic mass is 32.1. The van der Waals surface area contributed by atoms with Crippen molar-refractivity contribution in [3.05, 3.63) is 21.9 Å². The number of nitrogens with zero attached hydrogens (tertiary/aromatic N) is 1. The fourth-order valence-electron chi connectivity index (χ4n) is 2.95. The van der Waals surface area contributed by atoms with Crippen molar-refractivity contribution in [2.24, 2.45) is 11.7 Å². The van der Waals surface area contributed by atoms with E-state index in [2.05, 4.69) is 23.3 Å². The van der Waals surface area contributed by atoms with Gasteiger partial charge in [-0.05, 0) is 55.7 Å². The van der Waals surface area contributed by atoms with Crippen molar-refractivity contribution in [1.29, 1.82) is 0 Å².